The van der Waals surface area contributed by atoms with Gasteiger partial charge in [0.05, 0.1) is 5.56 Å². The zero-order chi connectivity index (χ0) is 18.1. The summed E-state index contributed by atoms with van der Waals surface area (Å²) >= 11 is 3.35. The van der Waals surface area contributed by atoms with Crippen LogP contribution in [0, 0.1) is 6.92 Å². The maximum Gasteiger partial charge on any atom is 0.258 e. The molecule has 1 N–H and O–H groups in total. The zero-order valence-corrected chi connectivity index (χ0v) is 15.6. The highest BCUT2D eigenvalue weighted by Crippen LogP contribution is 2.29. The van der Waals surface area contributed by atoms with Crippen molar-refractivity contribution >= 4 is 33.3 Å². The Hall–Kier alpha value is -2.99. The van der Waals surface area contributed by atoms with Crippen LogP contribution >= 0.6 is 15.9 Å². The molecule has 5 nitrogen and oxygen atoms in total. The molecule has 0 spiro atoms. The number of aromatic nitrogens is 3. The molecule has 0 aliphatic rings. The Morgan fingerprint density at radius 3 is 2.69 bits per heavy atom. The SMILES string of the molecule is Cc1ccc2nc(-c3ccccc3)c(NC(=O)c3cncc(Br)c3)n2c1. The molecule has 26 heavy (non-hydrogen) atoms. The van der Waals surface area contributed by atoms with Gasteiger partial charge in [-0.15, -0.1) is 0 Å². The van der Waals surface area contributed by atoms with Crippen LogP contribution in [0.4, 0.5) is 5.82 Å². The van der Waals surface area contributed by atoms with Gasteiger partial charge in [-0.3, -0.25) is 14.2 Å². The number of carbonyl (C=O) groups excluding carboxylic acids is 1. The molecule has 0 aliphatic heterocycles. The van der Waals surface area contributed by atoms with Crippen molar-refractivity contribution in [3.05, 3.63) is 82.7 Å². The Morgan fingerprint density at radius 1 is 1.12 bits per heavy atom. The summed E-state index contributed by atoms with van der Waals surface area (Å²) in [7, 11) is 0. The van der Waals surface area contributed by atoms with Crippen LogP contribution in [0.5, 0.6) is 0 Å². The van der Waals surface area contributed by atoms with E-state index in [4.69, 9.17) is 4.98 Å². The minimum absolute atomic E-state index is 0.237. The minimum Gasteiger partial charge on any atom is -0.306 e. The molecule has 1 amide bonds. The van der Waals surface area contributed by atoms with Gasteiger partial charge in [-0.05, 0) is 40.5 Å². The minimum atomic E-state index is -0.237. The molecule has 0 saturated heterocycles. The molecule has 3 aromatic heterocycles. The van der Waals surface area contributed by atoms with E-state index in [-0.39, 0.29) is 5.91 Å². The lowest BCUT2D eigenvalue weighted by Crippen LogP contribution is -2.14. The molecule has 0 aliphatic carbocycles. The standard InChI is InChI=1S/C20H15BrN4O/c1-13-7-8-17-23-18(14-5-3-2-4-6-14)19(25(17)12-13)24-20(26)15-9-16(21)11-22-10-15/h2-12H,1H3,(H,24,26). The molecule has 0 bridgehead atoms. The summed E-state index contributed by atoms with van der Waals surface area (Å²) in [5, 5.41) is 3.00. The molecule has 0 atom stereocenters. The maximum atomic E-state index is 12.8. The van der Waals surface area contributed by atoms with Crippen LogP contribution in [0.2, 0.25) is 0 Å². The number of amides is 1. The van der Waals surface area contributed by atoms with E-state index in [0.717, 1.165) is 26.9 Å². The van der Waals surface area contributed by atoms with Crippen molar-refractivity contribution in [2.75, 3.05) is 5.32 Å². The molecule has 0 saturated carbocycles. The lowest BCUT2D eigenvalue weighted by atomic mass is 10.1. The second kappa shape index (κ2) is 6.72. The molecule has 128 valence electrons. The van der Waals surface area contributed by atoms with Gasteiger partial charge in [0.25, 0.3) is 5.91 Å². The van der Waals surface area contributed by atoms with Gasteiger partial charge in [-0.1, -0.05) is 36.4 Å². The fraction of sp³-hybridized carbons (Fsp3) is 0.0500. The summed E-state index contributed by atoms with van der Waals surface area (Å²) < 4.78 is 2.66. The van der Waals surface area contributed by atoms with Crippen LogP contribution in [-0.2, 0) is 0 Å². The van der Waals surface area contributed by atoms with E-state index in [0.29, 0.717) is 11.4 Å². The summed E-state index contributed by atoms with van der Waals surface area (Å²) in [5.74, 6) is 0.402. The van der Waals surface area contributed by atoms with Crippen LogP contribution < -0.4 is 5.32 Å². The number of imidazole rings is 1. The molecule has 0 fully saturated rings. The van der Waals surface area contributed by atoms with E-state index in [1.54, 1.807) is 12.3 Å². The summed E-state index contributed by atoms with van der Waals surface area (Å²) in [4.78, 5) is 21.5. The second-order valence-corrected chi connectivity index (χ2v) is 6.87. The van der Waals surface area contributed by atoms with Crippen molar-refractivity contribution < 1.29 is 4.79 Å². The number of halogens is 1. The quantitative estimate of drug-likeness (QED) is 0.535. The summed E-state index contributed by atoms with van der Waals surface area (Å²) in [6, 6.07) is 15.5. The van der Waals surface area contributed by atoms with Crippen molar-refractivity contribution in [2.45, 2.75) is 6.92 Å². The van der Waals surface area contributed by atoms with Crippen LogP contribution in [-0.4, -0.2) is 20.3 Å². The maximum absolute atomic E-state index is 12.8. The Morgan fingerprint density at radius 2 is 1.92 bits per heavy atom. The number of hydrogen-bond donors (Lipinski definition) is 1. The third-order valence-corrected chi connectivity index (χ3v) is 4.45. The summed E-state index contributed by atoms with van der Waals surface area (Å²) in [5.41, 5.74) is 4.00. The number of rotatable bonds is 3. The van der Waals surface area contributed by atoms with Gasteiger partial charge in [0.15, 0.2) is 0 Å². The van der Waals surface area contributed by atoms with Gasteiger partial charge in [0.2, 0.25) is 0 Å². The fourth-order valence-corrected chi connectivity index (χ4v) is 3.15. The van der Waals surface area contributed by atoms with Crippen LogP contribution in [0.3, 0.4) is 0 Å². The predicted octanol–water partition coefficient (Wildman–Crippen LogP) is 4.72. The first-order valence-electron chi connectivity index (χ1n) is 8.08. The van der Waals surface area contributed by atoms with E-state index >= 15 is 0 Å². The van der Waals surface area contributed by atoms with Crippen molar-refractivity contribution in [2.24, 2.45) is 0 Å². The summed E-state index contributed by atoms with van der Waals surface area (Å²) in [6.45, 7) is 2.01. The average molecular weight is 407 g/mol. The van der Waals surface area contributed by atoms with Gasteiger partial charge in [-0.2, -0.15) is 0 Å². The first-order chi connectivity index (χ1) is 12.6. The highest BCUT2D eigenvalue weighted by atomic mass is 79.9. The predicted molar refractivity (Wildman–Crippen MR) is 105 cm³/mol. The van der Waals surface area contributed by atoms with E-state index in [2.05, 4.69) is 26.2 Å². The first-order valence-corrected chi connectivity index (χ1v) is 8.87. The molecule has 3 heterocycles. The molecule has 0 unspecified atom stereocenters. The smallest absolute Gasteiger partial charge is 0.258 e. The Labute approximate surface area is 158 Å². The van der Waals surface area contributed by atoms with Crippen molar-refractivity contribution in [1.82, 2.24) is 14.4 Å². The van der Waals surface area contributed by atoms with Gasteiger partial charge in [0, 0.05) is 28.6 Å². The number of carbonyl (C=O) groups is 1. The zero-order valence-electron chi connectivity index (χ0n) is 14.0. The highest BCUT2D eigenvalue weighted by molar-refractivity contribution is 9.10. The molecular weight excluding hydrogens is 392 g/mol. The number of nitrogens with zero attached hydrogens (tertiary/aromatic N) is 3. The third kappa shape index (κ3) is 3.11. The normalized spacial score (nSPS) is 10.8. The largest absolute Gasteiger partial charge is 0.306 e. The van der Waals surface area contributed by atoms with Gasteiger partial charge >= 0.3 is 0 Å². The monoisotopic (exact) mass is 406 g/mol. The van der Waals surface area contributed by atoms with Gasteiger partial charge in [0.1, 0.15) is 17.2 Å². The number of hydrogen-bond acceptors (Lipinski definition) is 3. The summed E-state index contributed by atoms with van der Waals surface area (Å²) in [6.07, 6.45) is 5.14. The van der Waals surface area contributed by atoms with Crippen molar-refractivity contribution in [3.8, 4) is 11.3 Å². The van der Waals surface area contributed by atoms with E-state index in [1.165, 1.54) is 6.20 Å². The average Bonchev–Trinajstić information content (AvgIpc) is 3.00. The number of nitrogens with one attached hydrogen (secondary N) is 1. The first kappa shape index (κ1) is 16.5. The second-order valence-electron chi connectivity index (χ2n) is 5.96. The van der Waals surface area contributed by atoms with Crippen molar-refractivity contribution in [3.63, 3.8) is 0 Å². The molecular formula is C20H15BrN4O. The van der Waals surface area contributed by atoms with Crippen LogP contribution in [0.25, 0.3) is 16.9 Å². The topological polar surface area (TPSA) is 59.3 Å². The fourth-order valence-electron chi connectivity index (χ4n) is 2.78. The molecule has 4 rings (SSSR count). The highest BCUT2D eigenvalue weighted by Gasteiger charge is 2.17. The Balaban J connectivity index is 1.84. The lowest BCUT2D eigenvalue weighted by Gasteiger charge is -2.08. The number of fused-ring (bicyclic) bond motifs is 1. The third-order valence-electron chi connectivity index (χ3n) is 4.01. The molecule has 4 aromatic rings. The van der Waals surface area contributed by atoms with E-state index in [1.807, 2.05) is 60.0 Å². The number of anilines is 1. The number of benzene rings is 1. The van der Waals surface area contributed by atoms with E-state index < -0.39 is 0 Å². The van der Waals surface area contributed by atoms with Crippen LogP contribution in [0.15, 0.2) is 71.6 Å². The Bertz CT molecular complexity index is 1110. The Kier molecular flexibility index (Phi) is 4.26. The number of pyridine rings is 2. The molecule has 6 heteroatoms. The molecule has 1 aromatic carbocycles. The van der Waals surface area contributed by atoms with Crippen LogP contribution in [0.1, 0.15) is 15.9 Å². The van der Waals surface area contributed by atoms with E-state index in [9.17, 15) is 4.79 Å². The van der Waals surface area contributed by atoms with Gasteiger partial charge < -0.3 is 5.32 Å². The van der Waals surface area contributed by atoms with Gasteiger partial charge in [-0.25, -0.2) is 4.98 Å². The lowest BCUT2D eigenvalue weighted by molar-refractivity contribution is 0.102. The van der Waals surface area contributed by atoms with Crippen molar-refractivity contribution in [1.29, 1.82) is 0 Å². The number of aryl methyl sites for hydroxylation is 1. The molecule has 0 radical (unpaired) electrons.